The lowest BCUT2D eigenvalue weighted by molar-refractivity contribution is 0.269. The molecule has 1 aliphatic rings. The summed E-state index contributed by atoms with van der Waals surface area (Å²) in [5.74, 6) is 1.29. The molecule has 1 aromatic heterocycles. The fraction of sp³-hybridized carbons (Fsp3) is 0.750. The van der Waals surface area contributed by atoms with Gasteiger partial charge in [0.1, 0.15) is 5.76 Å². The summed E-state index contributed by atoms with van der Waals surface area (Å²) in [6, 6.07) is 2.60. The summed E-state index contributed by atoms with van der Waals surface area (Å²) in [4.78, 5) is 2.46. The highest BCUT2D eigenvalue weighted by Gasteiger charge is 2.27. The van der Waals surface area contributed by atoms with Gasteiger partial charge in [-0.3, -0.25) is 0 Å². The van der Waals surface area contributed by atoms with E-state index >= 15 is 0 Å². The molecular formula is C12H20N2O2. The van der Waals surface area contributed by atoms with Crippen molar-refractivity contribution >= 4 is 0 Å². The average Bonchev–Trinajstić information content (AvgIpc) is 2.84. The number of aliphatic hydroxyl groups excluding tert-OH is 1. The highest BCUT2D eigenvalue weighted by Crippen LogP contribution is 2.27. The topological polar surface area (TPSA) is 49.5 Å². The monoisotopic (exact) mass is 224 g/mol. The number of likely N-dealkylation sites (tertiary alicyclic amines) is 1. The molecule has 2 heterocycles. The number of hydrogen-bond acceptors (Lipinski definition) is 4. The molecular weight excluding hydrogens is 204 g/mol. The predicted molar refractivity (Wildman–Crippen MR) is 61.4 cm³/mol. The van der Waals surface area contributed by atoms with Gasteiger partial charge < -0.3 is 14.5 Å². The van der Waals surface area contributed by atoms with Crippen molar-refractivity contribution in [2.45, 2.75) is 38.6 Å². The van der Waals surface area contributed by atoms with Crippen LogP contribution < -0.4 is 0 Å². The van der Waals surface area contributed by atoms with Crippen molar-refractivity contribution in [2.24, 2.45) is 0 Å². The fourth-order valence-corrected chi connectivity index (χ4v) is 2.25. The third kappa shape index (κ3) is 2.44. The van der Waals surface area contributed by atoms with Crippen molar-refractivity contribution < 1.29 is 9.63 Å². The Labute approximate surface area is 96.2 Å². The highest BCUT2D eigenvalue weighted by molar-refractivity contribution is 5.13. The molecule has 90 valence electrons. The first-order valence-electron chi connectivity index (χ1n) is 6.01. The predicted octanol–water partition coefficient (Wildman–Crippen LogP) is 1.41. The van der Waals surface area contributed by atoms with Gasteiger partial charge in [-0.1, -0.05) is 5.16 Å². The molecule has 0 aliphatic carbocycles. The summed E-state index contributed by atoms with van der Waals surface area (Å²) in [6.07, 6.45) is 1.72. The van der Waals surface area contributed by atoms with E-state index in [1.807, 2.05) is 6.07 Å². The van der Waals surface area contributed by atoms with Crippen LogP contribution in [-0.2, 0) is 6.42 Å². The molecule has 0 bridgehead atoms. The summed E-state index contributed by atoms with van der Waals surface area (Å²) in [5.41, 5.74) is 1.05. The molecule has 0 aromatic carbocycles. The van der Waals surface area contributed by atoms with Crippen molar-refractivity contribution in [1.29, 1.82) is 0 Å². The Morgan fingerprint density at radius 1 is 1.62 bits per heavy atom. The van der Waals surface area contributed by atoms with E-state index in [1.165, 1.54) is 0 Å². The van der Waals surface area contributed by atoms with Crippen LogP contribution in [0.15, 0.2) is 10.6 Å². The minimum Gasteiger partial charge on any atom is -0.396 e. The molecule has 2 rings (SSSR count). The van der Waals surface area contributed by atoms with Gasteiger partial charge in [0.05, 0.1) is 12.3 Å². The lowest BCUT2D eigenvalue weighted by atomic mass is 10.0. The first kappa shape index (κ1) is 11.6. The first-order valence-corrected chi connectivity index (χ1v) is 6.01. The molecule has 1 fully saturated rings. The molecule has 0 spiro atoms. The molecule has 1 N–H and O–H groups in total. The standard InChI is InChI=1S/C12H20N2O2/c1-9(2)14-5-3-10(8-14)12-7-11(4-6-15)16-13-12/h7,9-10,15H,3-6,8H2,1-2H3/t10-/m1/s1. The molecule has 4 nitrogen and oxygen atoms in total. The second-order valence-electron chi connectivity index (χ2n) is 4.77. The van der Waals surface area contributed by atoms with Crippen LogP contribution in [-0.4, -0.2) is 40.9 Å². The number of aromatic nitrogens is 1. The van der Waals surface area contributed by atoms with E-state index in [2.05, 4.69) is 23.9 Å². The van der Waals surface area contributed by atoms with Gasteiger partial charge in [-0.2, -0.15) is 0 Å². The van der Waals surface area contributed by atoms with Crippen LogP contribution in [0.2, 0.25) is 0 Å². The molecule has 1 aliphatic heterocycles. The molecule has 1 atom stereocenters. The summed E-state index contributed by atoms with van der Waals surface area (Å²) in [5, 5.41) is 12.9. The second kappa shape index (κ2) is 4.97. The highest BCUT2D eigenvalue weighted by atomic mass is 16.5. The molecule has 0 unspecified atom stereocenters. The summed E-state index contributed by atoms with van der Waals surface area (Å²) < 4.78 is 5.18. The van der Waals surface area contributed by atoms with Gasteiger partial charge in [-0.25, -0.2) is 0 Å². The summed E-state index contributed by atoms with van der Waals surface area (Å²) in [6.45, 7) is 6.79. The van der Waals surface area contributed by atoms with Crippen molar-refractivity contribution in [3.8, 4) is 0 Å². The molecule has 16 heavy (non-hydrogen) atoms. The van der Waals surface area contributed by atoms with Crippen molar-refractivity contribution in [2.75, 3.05) is 19.7 Å². The summed E-state index contributed by atoms with van der Waals surface area (Å²) >= 11 is 0. The lowest BCUT2D eigenvalue weighted by Crippen LogP contribution is -2.27. The van der Waals surface area contributed by atoms with Crippen LogP contribution in [0, 0.1) is 0 Å². The Morgan fingerprint density at radius 3 is 3.06 bits per heavy atom. The SMILES string of the molecule is CC(C)N1CC[C@@H](c2cc(CCO)on2)C1. The lowest BCUT2D eigenvalue weighted by Gasteiger charge is -2.19. The van der Waals surface area contributed by atoms with Gasteiger partial charge in [-0.05, 0) is 26.8 Å². The van der Waals surface area contributed by atoms with E-state index < -0.39 is 0 Å². The fourth-order valence-electron chi connectivity index (χ4n) is 2.25. The second-order valence-corrected chi connectivity index (χ2v) is 4.77. The minimum absolute atomic E-state index is 0.122. The molecule has 4 heteroatoms. The van der Waals surface area contributed by atoms with Crippen molar-refractivity contribution in [3.05, 3.63) is 17.5 Å². The Kier molecular flexibility index (Phi) is 3.61. The number of aliphatic hydroxyl groups is 1. The number of rotatable bonds is 4. The maximum atomic E-state index is 8.81. The van der Waals surface area contributed by atoms with Crippen LogP contribution in [0.4, 0.5) is 0 Å². The zero-order valence-corrected chi connectivity index (χ0v) is 10.0. The molecule has 0 saturated carbocycles. The smallest absolute Gasteiger partial charge is 0.139 e. The maximum Gasteiger partial charge on any atom is 0.139 e. The Morgan fingerprint density at radius 2 is 2.44 bits per heavy atom. The van der Waals surface area contributed by atoms with Gasteiger partial charge in [0, 0.05) is 31.0 Å². The van der Waals surface area contributed by atoms with E-state index in [0.29, 0.717) is 18.4 Å². The largest absolute Gasteiger partial charge is 0.396 e. The van der Waals surface area contributed by atoms with Crippen molar-refractivity contribution in [1.82, 2.24) is 10.1 Å². The van der Waals surface area contributed by atoms with Gasteiger partial charge >= 0.3 is 0 Å². The number of nitrogens with zero attached hydrogens (tertiary/aromatic N) is 2. The number of hydrogen-bond donors (Lipinski definition) is 1. The quantitative estimate of drug-likeness (QED) is 0.840. The first-order chi connectivity index (χ1) is 7.70. The van der Waals surface area contributed by atoms with Gasteiger partial charge in [0.2, 0.25) is 0 Å². The third-order valence-corrected chi connectivity index (χ3v) is 3.30. The van der Waals surface area contributed by atoms with Crippen LogP contribution in [0.5, 0.6) is 0 Å². The molecule has 1 aromatic rings. The van der Waals surface area contributed by atoms with Gasteiger partial charge in [0.15, 0.2) is 0 Å². The van der Waals surface area contributed by atoms with Crippen LogP contribution in [0.3, 0.4) is 0 Å². The van der Waals surface area contributed by atoms with E-state index in [9.17, 15) is 0 Å². The Hall–Kier alpha value is -0.870. The average molecular weight is 224 g/mol. The zero-order valence-electron chi connectivity index (χ0n) is 10.0. The van der Waals surface area contributed by atoms with Crippen molar-refractivity contribution in [3.63, 3.8) is 0 Å². The maximum absolute atomic E-state index is 8.81. The Balaban J connectivity index is 1.97. The van der Waals surface area contributed by atoms with Gasteiger partial charge in [-0.15, -0.1) is 0 Å². The zero-order chi connectivity index (χ0) is 11.5. The van der Waals surface area contributed by atoms with Crippen LogP contribution >= 0.6 is 0 Å². The molecule has 1 saturated heterocycles. The minimum atomic E-state index is 0.122. The third-order valence-electron chi connectivity index (χ3n) is 3.30. The molecule has 0 radical (unpaired) electrons. The van der Waals surface area contributed by atoms with E-state index in [0.717, 1.165) is 31.0 Å². The Bertz CT molecular complexity index is 336. The van der Waals surface area contributed by atoms with E-state index in [4.69, 9.17) is 9.63 Å². The van der Waals surface area contributed by atoms with Crippen LogP contribution in [0.25, 0.3) is 0 Å². The van der Waals surface area contributed by atoms with E-state index in [1.54, 1.807) is 0 Å². The molecule has 0 amide bonds. The summed E-state index contributed by atoms with van der Waals surface area (Å²) in [7, 11) is 0. The normalized spacial score (nSPS) is 22.1. The van der Waals surface area contributed by atoms with Gasteiger partial charge in [0.25, 0.3) is 0 Å². The van der Waals surface area contributed by atoms with E-state index in [-0.39, 0.29) is 6.61 Å². The van der Waals surface area contributed by atoms with Crippen LogP contribution in [0.1, 0.15) is 37.6 Å².